The molecule has 0 heterocycles. The maximum absolute atomic E-state index is 2.71. The molecule has 0 nitrogen and oxygen atoms in total. The molecule has 0 radical (unpaired) electrons. The summed E-state index contributed by atoms with van der Waals surface area (Å²) in [5.74, 6) is 8.61. The molecule has 9 unspecified atom stereocenters. The van der Waals surface area contributed by atoms with Gasteiger partial charge in [0.05, 0.1) is 0 Å². The highest BCUT2D eigenvalue weighted by molar-refractivity contribution is 5.36. The first-order chi connectivity index (χ1) is 11.3. The highest BCUT2D eigenvalue weighted by Gasteiger charge is 2.63. The van der Waals surface area contributed by atoms with E-state index >= 15 is 0 Å². The maximum Gasteiger partial charge on any atom is 0.00137 e. The van der Waals surface area contributed by atoms with E-state index in [1.807, 2.05) is 5.57 Å². The third kappa shape index (κ3) is 1.79. The SMILES string of the molecule is CC1CCCCC2CC1C13CCCC2C(C1)C1CC2=CC2C3C1. The Bertz CT molecular complexity index is 544. The molecule has 0 N–H and O–H groups in total. The van der Waals surface area contributed by atoms with Crippen LogP contribution in [0.2, 0.25) is 0 Å². The molecule has 6 aliphatic carbocycles. The third-order valence-corrected chi connectivity index (χ3v) is 9.96. The van der Waals surface area contributed by atoms with Crippen molar-refractivity contribution in [3.63, 3.8) is 0 Å². The number of hydrogen-bond acceptors (Lipinski definition) is 0. The fourth-order valence-electron chi connectivity index (χ4n) is 9.10. The zero-order chi connectivity index (χ0) is 15.2. The summed E-state index contributed by atoms with van der Waals surface area (Å²) < 4.78 is 0. The van der Waals surface area contributed by atoms with E-state index in [9.17, 15) is 0 Å². The molecule has 0 spiro atoms. The summed E-state index contributed by atoms with van der Waals surface area (Å²) in [5.41, 5.74) is 2.69. The van der Waals surface area contributed by atoms with E-state index in [-0.39, 0.29) is 0 Å². The molecule has 0 aromatic carbocycles. The Balaban J connectivity index is 1.51. The van der Waals surface area contributed by atoms with Crippen molar-refractivity contribution >= 4 is 0 Å². The maximum atomic E-state index is 2.71. The second-order valence-corrected chi connectivity index (χ2v) is 10.6. The fourth-order valence-corrected chi connectivity index (χ4v) is 9.10. The number of rotatable bonds is 0. The second kappa shape index (κ2) is 4.67. The van der Waals surface area contributed by atoms with Gasteiger partial charge in [0.15, 0.2) is 0 Å². The predicted molar refractivity (Wildman–Crippen MR) is 94.9 cm³/mol. The van der Waals surface area contributed by atoms with Gasteiger partial charge in [0.1, 0.15) is 0 Å². The van der Waals surface area contributed by atoms with Crippen LogP contribution in [0.15, 0.2) is 11.6 Å². The minimum absolute atomic E-state index is 0.769. The van der Waals surface area contributed by atoms with Gasteiger partial charge in [-0.3, -0.25) is 0 Å². The van der Waals surface area contributed by atoms with Gasteiger partial charge < -0.3 is 0 Å². The Labute approximate surface area is 142 Å². The topological polar surface area (TPSA) is 0 Å². The van der Waals surface area contributed by atoms with Gasteiger partial charge in [-0.1, -0.05) is 50.7 Å². The lowest BCUT2D eigenvalue weighted by atomic mass is 9.48. The van der Waals surface area contributed by atoms with Gasteiger partial charge in [-0.15, -0.1) is 0 Å². The number of allylic oxidation sites excluding steroid dienone is 2. The number of hydrogen-bond donors (Lipinski definition) is 0. The van der Waals surface area contributed by atoms with Crippen molar-refractivity contribution in [3.05, 3.63) is 11.6 Å². The Morgan fingerprint density at radius 1 is 0.913 bits per heavy atom. The molecule has 5 saturated carbocycles. The van der Waals surface area contributed by atoms with Gasteiger partial charge in [0.2, 0.25) is 0 Å². The predicted octanol–water partition coefficient (Wildman–Crippen LogP) is 6.22. The van der Waals surface area contributed by atoms with Crippen molar-refractivity contribution in [2.24, 2.45) is 52.8 Å². The zero-order valence-electron chi connectivity index (χ0n) is 15.0. The van der Waals surface area contributed by atoms with Gasteiger partial charge in [0.25, 0.3) is 0 Å². The lowest BCUT2D eigenvalue weighted by molar-refractivity contribution is -0.0623. The fraction of sp³-hybridized carbons (Fsp3) is 0.913. The highest BCUT2D eigenvalue weighted by atomic mass is 14.7. The first-order valence-corrected chi connectivity index (χ1v) is 11.0. The van der Waals surface area contributed by atoms with Gasteiger partial charge in [0, 0.05) is 5.92 Å². The smallest absolute Gasteiger partial charge is 0.00137 e. The van der Waals surface area contributed by atoms with Crippen LogP contribution >= 0.6 is 0 Å². The van der Waals surface area contributed by atoms with E-state index in [1.165, 1.54) is 19.3 Å². The van der Waals surface area contributed by atoms with Crippen LogP contribution in [-0.4, -0.2) is 0 Å². The Kier molecular flexibility index (Phi) is 2.84. The molecule has 9 atom stereocenters. The molecule has 7 bridgehead atoms. The van der Waals surface area contributed by atoms with E-state index < -0.39 is 0 Å². The van der Waals surface area contributed by atoms with Crippen LogP contribution in [0.1, 0.15) is 77.6 Å². The molecule has 0 aromatic heterocycles. The molecule has 0 saturated heterocycles. The largest absolute Gasteiger partial charge is 0.0772 e. The summed E-state index contributed by atoms with van der Waals surface area (Å²) in [6.07, 6.45) is 20.1. The van der Waals surface area contributed by atoms with E-state index in [0.717, 1.165) is 52.8 Å². The monoisotopic (exact) mass is 310 g/mol. The van der Waals surface area contributed by atoms with Crippen molar-refractivity contribution in [2.75, 3.05) is 0 Å². The zero-order valence-corrected chi connectivity index (χ0v) is 15.0. The standard InChI is InChI=1S/C23H34/c1-14-5-2-3-6-15-11-21(14)23-8-4-7-18(15)20(13-23)17-9-16-10-19(16)22(23)12-17/h10,14-15,17-22H,2-9,11-13H2,1H3. The minimum atomic E-state index is 0.769. The van der Waals surface area contributed by atoms with Crippen LogP contribution in [0.4, 0.5) is 0 Å². The molecule has 6 aliphatic rings. The van der Waals surface area contributed by atoms with Crippen molar-refractivity contribution in [1.29, 1.82) is 0 Å². The van der Waals surface area contributed by atoms with Gasteiger partial charge in [-0.05, 0) is 85.4 Å². The van der Waals surface area contributed by atoms with Crippen LogP contribution in [0.3, 0.4) is 0 Å². The molecular formula is C23H34. The molecule has 0 heteroatoms. The molecule has 126 valence electrons. The van der Waals surface area contributed by atoms with Crippen molar-refractivity contribution in [1.82, 2.24) is 0 Å². The van der Waals surface area contributed by atoms with Crippen LogP contribution in [0.5, 0.6) is 0 Å². The van der Waals surface area contributed by atoms with Crippen LogP contribution in [-0.2, 0) is 0 Å². The molecule has 6 rings (SSSR count). The molecule has 0 aromatic rings. The van der Waals surface area contributed by atoms with Crippen LogP contribution < -0.4 is 0 Å². The Morgan fingerprint density at radius 3 is 2.74 bits per heavy atom. The molecule has 0 aliphatic heterocycles. The van der Waals surface area contributed by atoms with Crippen molar-refractivity contribution < 1.29 is 0 Å². The number of fused-ring (bicyclic) bond motifs is 7. The first kappa shape index (κ1) is 14.0. The van der Waals surface area contributed by atoms with E-state index in [4.69, 9.17) is 0 Å². The average molecular weight is 311 g/mol. The van der Waals surface area contributed by atoms with E-state index in [2.05, 4.69) is 13.0 Å². The van der Waals surface area contributed by atoms with Crippen LogP contribution in [0.25, 0.3) is 0 Å². The van der Waals surface area contributed by atoms with Crippen molar-refractivity contribution in [2.45, 2.75) is 77.6 Å². The first-order valence-electron chi connectivity index (χ1n) is 11.0. The second-order valence-electron chi connectivity index (χ2n) is 10.6. The Morgan fingerprint density at radius 2 is 1.78 bits per heavy atom. The van der Waals surface area contributed by atoms with Gasteiger partial charge >= 0.3 is 0 Å². The molecular weight excluding hydrogens is 276 g/mol. The third-order valence-electron chi connectivity index (χ3n) is 9.96. The minimum Gasteiger partial charge on any atom is -0.0772 e. The summed E-state index contributed by atoms with van der Waals surface area (Å²) in [6, 6.07) is 0. The normalized spacial score (nSPS) is 59.8. The lowest BCUT2D eigenvalue weighted by Gasteiger charge is -2.56. The Hall–Kier alpha value is -0.260. The van der Waals surface area contributed by atoms with Gasteiger partial charge in [-0.25, -0.2) is 0 Å². The van der Waals surface area contributed by atoms with E-state index in [1.54, 1.807) is 51.4 Å². The molecule has 0 amide bonds. The van der Waals surface area contributed by atoms with Crippen molar-refractivity contribution in [3.8, 4) is 0 Å². The summed E-state index contributed by atoms with van der Waals surface area (Å²) in [4.78, 5) is 0. The highest BCUT2D eigenvalue weighted by Crippen LogP contribution is 2.72. The average Bonchev–Trinajstić information content (AvgIpc) is 3.31. The van der Waals surface area contributed by atoms with Gasteiger partial charge in [-0.2, -0.15) is 0 Å². The summed E-state index contributed by atoms with van der Waals surface area (Å²) >= 11 is 0. The van der Waals surface area contributed by atoms with Crippen LogP contribution in [0, 0.1) is 52.8 Å². The summed E-state index contributed by atoms with van der Waals surface area (Å²) in [7, 11) is 0. The molecule has 5 fully saturated rings. The lowest BCUT2D eigenvalue weighted by Crippen LogP contribution is -2.49. The quantitative estimate of drug-likeness (QED) is 0.466. The summed E-state index contributed by atoms with van der Waals surface area (Å²) in [5, 5.41) is 0. The summed E-state index contributed by atoms with van der Waals surface area (Å²) in [6.45, 7) is 2.65. The molecule has 23 heavy (non-hydrogen) atoms. The van der Waals surface area contributed by atoms with E-state index in [0.29, 0.717) is 0 Å².